The number of rotatable bonds is 3. The van der Waals surface area contributed by atoms with Gasteiger partial charge in [0.15, 0.2) is 0 Å². The van der Waals surface area contributed by atoms with E-state index in [1.54, 1.807) is 0 Å². The molecule has 2 rings (SSSR count). The lowest BCUT2D eigenvalue weighted by molar-refractivity contribution is 0.596. The molecule has 112 valence electrons. The molecule has 0 spiro atoms. The van der Waals surface area contributed by atoms with Crippen molar-refractivity contribution in [3.8, 4) is 0 Å². The van der Waals surface area contributed by atoms with Gasteiger partial charge < -0.3 is 5.73 Å². The highest BCUT2D eigenvalue weighted by Crippen LogP contribution is 2.29. The number of nitrogen functional groups attached to an aromatic ring is 1. The van der Waals surface area contributed by atoms with E-state index in [4.69, 9.17) is 5.73 Å². The number of benzene rings is 2. The van der Waals surface area contributed by atoms with Gasteiger partial charge in [-0.15, -0.1) is 0 Å². The molecule has 0 heterocycles. The zero-order valence-corrected chi connectivity index (χ0v) is 13.2. The first-order chi connectivity index (χ1) is 9.72. The van der Waals surface area contributed by atoms with Gasteiger partial charge in [-0.05, 0) is 52.7 Å². The highest BCUT2D eigenvalue weighted by Gasteiger charge is 2.20. The molecule has 0 unspecified atom stereocenters. The molecule has 2 aromatic carbocycles. The fourth-order valence-electron chi connectivity index (χ4n) is 1.71. The van der Waals surface area contributed by atoms with Crippen molar-refractivity contribution in [3.63, 3.8) is 0 Å². The number of hydrogen-bond donors (Lipinski definition) is 2. The van der Waals surface area contributed by atoms with E-state index in [-0.39, 0.29) is 26.3 Å². The number of anilines is 2. The lowest BCUT2D eigenvalue weighted by atomic mass is 10.2. The first-order valence-corrected chi connectivity index (χ1v) is 8.02. The van der Waals surface area contributed by atoms with E-state index in [0.29, 0.717) is 0 Å². The summed E-state index contributed by atoms with van der Waals surface area (Å²) in [7, 11) is -4.09. The molecule has 0 bridgehead atoms. The van der Waals surface area contributed by atoms with Crippen LogP contribution in [0.15, 0.2) is 39.7 Å². The van der Waals surface area contributed by atoms with E-state index in [2.05, 4.69) is 20.7 Å². The molecule has 0 aliphatic rings. The van der Waals surface area contributed by atoms with Gasteiger partial charge in [0.25, 0.3) is 10.0 Å². The van der Waals surface area contributed by atoms with Crippen LogP contribution in [0.25, 0.3) is 0 Å². The van der Waals surface area contributed by atoms with E-state index in [0.717, 1.165) is 18.2 Å². The summed E-state index contributed by atoms with van der Waals surface area (Å²) >= 11 is 3.06. The highest BCUT2D eigenvalue weighted by atomic mass is 79.9. The Bertz CT molecular complexity index is 767. The summed E-state index contributed by atoms with van der Waals surface area (Å²) in [5.41, 5.74) is 4.99. The van der Waals surface area contributed by atoms with E-state index < -0.39 is 21.7 Å². The monoisotopic (exact) mass is 376 g/mol. The average molecular weight is 377 g/mol. The molecular weight excluding hydrogens is 366 g/mol. The number of nitrogens with one attached hydrogen (secondary N) is 1. The van der Waals surface area contributed by atoms with Crippen molar-refractivity contribution in [1.82, 2.24) is 0 Å². The molecule has 4 nitrogen and oxygen atoms in total. The third-order valence-electron chi connectivity index (χ3n) is 2.77. The van der Waals surface area contributed by atoms with Gasteiger partial charge in [-0.1, -0.05) is 6.07 Å². The molecule has 0 aliphatic carbocycles. The molecule has 0 aromatic heterocycles. The van der Waals surface area contributed by atoms with Gasteiger partial charge in [0.2, 0.25) is 0 Å². The lowest BCUT2D eigenvalue weighted by Gasteiger charge is -2.12. The van der Waals surface area contributed by atoms with Crippen molar-refractivity contribution in [3.05, 3.63) is 52.0 Å². The van der Waals surface area contributed by atoms with E-state index >= 15 is 0 Å². The maximum Gasteiger partial charge on any atom is 0.262 e. The van der Waals surface area contributed by atoms with Crippen LogP contribution in [-0.2, 0) is 10.0 Å². The zero-order chi connectivity index (χ0) is 15.8. The summed E-state index contributed by atoms with van der Waals surface area (Å²) in [4.78, 5) is -0.242. The number of hydrogen-bond acceptors (Lipinski definition) is 3. The van der Waals surface area contributed by atoms with Crippen LogP contribution in [0.4, 0.5) is 20.2 Å². The van der Waals surface area contributed by atoms with Crippen LogP contribution >= 0.6 is 15.9 Å². The topological polar surface area (TPSA) is 72.2 Å². The van der Waals surface area contributed by atoms with Gasteiger partial charge in [0.05, 0.1) is 16.3 Å². The van der Waals surface area contributed by atoms with Crippen LogP contribution in [0.3, 0.4) is 0 Å². The van der Waals surface area contributed by atoms with Crippen molar-refractivity contribution in [2.24, 2.45) is 0 Å². The van der Waals surface area contributed by atoms with Crippen molar-refractivity contribution in [1.29, 1.82) is 0 Å². The average Bonchev–Trinajstić information content (AvgIpc) is 2.40. The molecule has 0 saturated carbocycles. The Kier molecular flexibility index (Phi) is 4.20. The molecule has 0 atom stereocenters. The molecule has 8 heteroatoms. The van der Waals surface area contributed by atoms with E-state index in [1.807, 2.05) is 0 Å². The van der Waals surface area contributed by atoms with Crippen LogP contribution in [0.1, 0.15) is 5.56 Å². The third kappa shape index (κ3) is 3.16. The van der Waals surface area contributed by atoms with Gasteiger partial charge >= 0.3 is 0 Å². The maximum absolute atomic E-state index is 13.7. The number of para-hydroxylation sites is 1. The Morgan fingerprint density at radius 2 is 1.90 bits per heavy atom. The number of sulfonamides is 1. The van der Waals surface area contributed by atoms with Gasteiger partial charge in [-0.25, -0.2) is 17.2 Å². The van der Waals surface area contributed by atoms with Crippen LogP contribution in [0.2, 0.25) is 0 Å². The molecule has 0 fully saturated rings. The number of halogens is 3. The second kappa shape index (κ2) is 5.61. The minimum atomic E-state index is -4.09. The van der Waals surface area contributed by atoms with Gasteiger partial charge in [-0.3, -0.25) is 4.72 Å². The SMILES string of the molecule is Cc1cc(S(=O)(=O)Nc2c(F)cccc2Br)cc(N)c1F. The quantitative estimate of drug-likeness (QED) is 0.806. The first kappa shape index (κ1) is 15.7. The van der Waals surface area contributed by atoms with Crippen LogP contribution in [-0.4, -0.2) is 8.42 Å². The Morgan fingerprint density at radius 3 is 2.48 bits per heavy atom. The van der Waals surface area contributed by atoms with Gasteiger partial charge in [0, 0.05) is 4.47 Å². The molecule has 0 saturated heterocycles. The lowest BCUT2D eigenvalue weighted by Crippen LogP contribution is -2.15. The molecule has 3 N–H and O–H groups in total. The Labute approximate surface area is 129 Å². The molecule has 21 heavy (non-hydrogen) atoms. The summed E-state index contributed by atoms with van der Waals surface area (Å²) in [6, 6.07) is 6.15. The fourth-order valence-corrected chi connectivity index (χ4v) is 3.49. The minimum Gasteiger partial charge on any atom is -0.396 e. The fraction of sp³-hybridized carbons (Fsp3) is 0.0769. The minimum absolute atomic E-state index is 0.0861. The largest absolute Gasteiger partial charge is 0.396 e. The van der Waals surface area contributed by atoms with Crippen molar-refractivity contribution in [2.45, 2.75) is 11.8 Å². The van der Waals surface area contributed by atoms with Crippen molar-refractivity contribution >= 4 is 37.3 Å². The van der Waals surface area contributed by atoms with Crippen molar-refractivity contribution < 1.29 is 17.2 Å². The van der Waals surface area contributed by atoms with Crippen LogP contribution in [0, 0.1) is 18.6 Å². The van der Waals surface area contributed by atoms with E-state index in [1.165, 1.54) is 19.1 Å². The smallest absolute Gasteiger partial charge is 0.262 e. The molecule has 0 radical (unpaired) electrons. The molecule has 0 amide bonds. The maximum atomic E-state index is 13.7. The summed E-state index contributed by atoms with van der Waals surface area (Å²) in [6.45, 7) is 1.39. The Hall–Kier alpha value is -1.67. The second-order valence-electron chi connectivity index (χ2n) is 4.35. The summed E-state index contributed by atoms with van der Waals surface area (Å²) in [5, 5.41) is 0. The number of aryl methyl sites for hydroxylation is 1. The molecular formula is C13H11BrF2N2O2S. The summed E-state index contributed by atoms with van der Waals surface area (Å²) in [5.74, 6) is -1.42. The van der Waals surface area contributed by atoms with Gasteiger partial charge in [-0.2, -0.15) is 0 Å². The zero-order valence-electron chi connectivity index (χ0n) is 10.8. The number of nitrogens with two attached hydrogens (primary N) is 1. The Balaban J connectivity index is 2.49. The van der Waals surface area contributed by atoms with Crippen LogP contribution < -0.4 is 10.5 Å². The summed E-state index contributed by atoms with van der Waals surface area (Å²) < 4.78 is 54.0. The standard InChI is InChI=1S/C13H11BrF2N2O2S/c1-7-5-8(6-11(17)12(7)16)21(19,20)18-13-9(14)3-2-4-10(13)15/h2-6,18H,17H2,1H3. The van der Waals surface area contributed by atoms with Gasteiger partial charge in [0.1, 0.15) is 11.6 Å². The molecule has 0 aliphatic heterocycles. The predicted molar refractivity (Wildman–Crippen MR) is 80.5 cm³/mol. The Morgan fingerprint density at radius 1 is 1.24 bits per heavy atom. The summed E-state index contributed by atoms with van der Waals surface area (Å²) in [6.07, 6.45) is 0. The second-order valence-corrected chi connectivity index (χ2v) is 6.88. The van der Waals surface area contributed by atoms with Crippen molar-refractivity contribution in [2.75, 3.05) is 10.5 Å². The highest BCUT2D eigenvalue weighted by molar-refractivity contribution is 9.10. The predicted octanol–water partition coefficient (Wildman–Crippen LogP) is 3.42. The molecule has 2 aromatic rings. The van der Waals surface area contributed by atoms with E-state index in [9.17, 15) is 17.2 Å². The van der Waals surface area contributed by atoms with Crippen LogP contribution in [0.5, 0.6) is 0 Å². The normalized spacial score (nSPS) is 11.4. The third-order valence-corrected chi connectivity index (χ3v) is 4.76. The first-order valence-electron chi connectivity index (χ1n) is 5.75.